The quantitative estimate of drug-likeness (QED) is 0.812. The first-order valence-corrected chi connectivity index (χ1v) is 10.3. The fourth-order valence-corrected chi connectivity index (χ4v) is 4.41. The van der Waals surface area contributed by atoms with Gasteiger partial charge in [0.05, 0.1) is 22.9 Å². The van der Waals surface area contributed by atoms with E-state index in [0.29, 0.717) is 23.2 Å². The van der Waals surface area contributed by atoms with E-state index in [9.17, 15) is 4.79 Å². The smallest absolute Gasteiger partial charge is 0.257 e. The standard InChI is InChI=1S/C21H27ClN4O2/c1-13(2)11-26-19(22)18(14(3)24-26)20-23-17-9-5-4-8-16(17)21(27)25(20)12-15-7-6-10-28-15/h4-5,8-9,13,15,20,23H,6-7,10-12H2,1-3H3/t15-,20-/m1/s1. The maximum Gasteiger partial charge on any atom is 0.257 e. The average molecular weight is 403 g/mol. The molecule has 0 saturated carbocycles. The highest BCUT2D eigenvalue weighted by atomic mass is 35.5. The summed E-state index contributed by atoms with van der Waals surface area (Å²) in [7, 11) is 0. The molecule has 2 aliphatic rings. The van der Waals surface area contributed by atoms with Crippen LogP contribution in [0, 0.1) is 12.8 Å². The second-order valence-electron chi connectivity index (χ2n) is 8.05. The molecule has 2 aromatic rings. The van der Waals surface area contributed by atoms with E-state index in [-0.39, 0.29) is 18.2 Å². The molecule has 0 radical (unpaired) electrons. The zero-order valence-corrected chi connectivity index (χ0v) is 17.4. The van der Waals surface area contributed by atoms with Crippen molar-refractivity contribution in [3.05, 3.63) is 46.2 Å². The van der Waals surface area contributed by atoms with E-state index in [1.165, 1.54) is 0 Å². The number of benzene rings is 1. The Kier molecular flexibility index (Phi) is 5.34. The van der Waals surface area contributed by atoms with Crippen LogP contribution in [0.3, 0.4) is 0 Å². The summed E-state index contributed by atoms with van der Waals surface area (Å²) in [5.41, 5.74) is 3.21. The lowest BCUT2D eigenvalue weighted by Gasteiger charge is -2.39. The number of hydrogen-bond donors (Lipinski definition) is 1. The Morgan fingerprint density at radius 3 is 2.86 bits per heavy atom. The van der Waals surface area contributed by atoms with Crippen LogP contribution in [-0.4, -0.2) is 39.8 Å². The van der Waals surface area contributed by atoms with Crippen molar-refractivity contribution in [1.29, 1.82) is 0 Å². The number of ether oxygens (including phenoxy) is 1. The van der Waals surface area contributed by atoms with E-state index in [1.807, 2.05) is 40.8 Å². The van der Waals surface area contributed by atoms with E-state index in [1.54, 1.807) is 0 Å². The summed E-state index contributed by atoms with van der Waals surface area (Å²) in [4.78, 5) is 15.2. The van der Waals surface area contributed by atoms with Crippen molar-refractivity contribution in [2.45, 2.75) is 52.4 Å². The van der Waals surface area contributed by atoms with Gasteiger partial charge in [0.1, 0.15) is 11.3 Å². The normalized spacial score (nSPS) is 21.9. The number of rotatable bonds is 5. The Hall–Kier alpha value is -2.05. The van der Waals surface area contributed by atoms with Crippen LogP contribution in [0.25, 0.3) is 0 Å². The highest BCUT2D eigenvalue weighted by molar-refractivity contribution is 6.30. The summed E-state index contributed by atoms with van der Waals surface area (Å²) in [6.45, 7) is 8.26. The van der Waals surface area contributed by atoms with E-state index < -0.39 is 0 Å². The molecule has 0 spiro atoms. The maximum atomic E-state index is 13.4. The second-order valence-corrected chi connectivity index (χ2v) is 8.41. The first-order chi connectivity index (χ1) is 13.5. The van der Waals surface area contributed by atoms with E-state index in [2.05, 4.69) is 24.3 Å². The molecule has 4 rings (SSSR count). The van der Waals surface area contributed by atoms with Crippen molar-refractivity contribution in [1.82, 2.24) is 14.7 Å². The van der Waals surface area contributed by atoms with Crippen LogP contribution in [-0.2, 0) is 11.3 Å². The number of hydrogen-bond acceptors (Lipinski definition) is 4. The number of nitrogens with one attached hydrogen (secondary N) is 1. The molecule has 1 aromatic carbocycles. The largest absolute Gasteiger partial charge is 0.376 e. The van der Waals surface area contributed by atoms with Crippen molar-refractivity contribution in [2.24, 2.45) is 5.92 Å². The number of carbonyl (C=O) groups is 1. The number of para-hydroxylation sites is 1. The molecule has 1 amide bonds. The van der Waals surface area contributed by atoms with Gasteiger partial charge in [-0.1, -0.05) is 37.6 Å². The molecule has 1 N–H and O–H groups in total. The summed E-state index contributed by atoms with van der Waals surface area (Å²) in [6.07, 6.45) is 1.70. The summed E-state index contributed by atoms with van der Waals surface area (Å²) >= 11 is 6.76. The Morgan fingerprint density at radius 1 is 1.36 bits per heavy atom. The van der Waals surface area contributed by atoms with E-state index in [0.717, 1.165) is 42.9 Å². The molecule has 0 unspecified atom stereocenters. The van der Waals surface area contributed by atoms with Crippen molar-refractivity contribution in [3.8, 4) is 0 Å². The highest BCUT2D eigenvalue weighted by Crippen LogP contribution is 2.38. The fourth-order valence-electron chi connectivity index (χ4n) is 4.06. The van der Waals surface area contributed by atoms with Crippen molar-refractivity contribution >= 4 is 23.2 Å². The zero-order chi connectivity index (χ0) is 19.8. The second kappa shape index (κ2) is 7.76. The number of fused-ring (bicyclic) bond motifs is 1. The van der Waals surface area contributed by atoms with Crippen LogP contribution in [0.2, 0.25) is 5.15 Å². The Morgan fingerprint density at radius 2 is 2.14 bits per heavy atom. The van der Waals surface area contributed by atoms with Crippen LogP contribution in [0.5, 0.6) is 0 Å². The van der Waals surface area contributed by atoms with Crippen molar-refractivity contribution < 1.29 is 9.53 Å². The summed E-state index contributed by atoms with van der Waals surface area (Å²) in [6, 6.07) is 7.62. The molecular formula is C21H27ClN4O2. The maximum absolute atomic E-state index is 13.4. The minimum absolute atomic E-state index is 0.00178. The van der Waals surface area contributed by atoms with Crippen LogP contribution < -0.4 is 5.32 Å². The van der Waals surface area contributed by atoms with Gasteiger partial charge < -0.3 is 15.0 Å². The molecule has 2 aliphatic heterocycles. The summed E-state index contributed by atoms with van der Waals surface area (Å²) in [5.74, 6) is 0.427. The number of anilines is 1. The minimum Gasteiger partial charge on any atom is -0.376 e. The van der Waals surface area contributed by atoms with Gasteiger partial charge >= 0.3 is 0 Å². The van der Waals surface area contributed by atoms with Crippen molar-refractivity contribution in [2.75, 3.05) is 18.5 Å². The summed E-state index contributed by atoms with van der Waals surface area (Å²) in [5, 5.41) is 8.77. The van der Waals surface area contributed by atoms with Crippen molar-refractivity contribution in [3.63, 3.8) is 0 Å². The molecule has 0 bridgehead atoms. The van der Waals surface area contributed by atoms with Gasteiger partial charge in [0.15, 0.2) is 0 Å². The third-order valence-corrected chi connectivity index (χ3v) is 5.77. The number of halogens is 1. The number of aromatic nitrogens is 2. The monoisotopic (exact) mass is 402 g/mol. The lowest BCUT2D eigenvalue weighted by Crippen LogP contribution is -2.46. The molecule has 3 heterocycles. The fraction of sp³-hybridized carbons (Fsp3) is 0.524. The van der Waals surface area contributed by atoms with E-state index in [4.69, 9.17) is 16.3 Å². The van der Waals surface area contributed by atoms with Gasteiger partial charge in [-0.3, -0.25) is 9.48 Å². The number of nitrogens with zero attached hydrogens (tertiary/aromatic N) is 3. The third kappa shape index (κ3) is 3.51. The van der Waals surface area contributed by atoms with Crippen LogP contribution >= 0.6 is 11.6 Å². The predicted molar refractivity (Wildman–Crippen MR) is 110 cm³/mol. The van der Waals surface area contributed by atoms with E-state index >= 15 is 0 Å². The highest BCUT2D eigenvalue weighted by Gasteiger charge is 2.38. The predicted octanol–water partition coefficient (Wildman–Crippen LogP) is 4.25. The third-order valence-electron chi connectivity index (χ3n) is 5.37. The first kappa shape index (κ1) is 19.3. The molecule has 28 heavy (non-hydrogen) atoms. The molecule has 6 nitrogen and oxygen atoms in total. The van der Waals surface area contributed by atoms with Crippen LogP contribution in [0.4, 0.5) is 5.69 Å². The topological polar surface area (TPSA) is 59.4 Å². The lowest BCUT2D eigenvalue weighted by atomic mass is 10.0. The summed E-state index contributed by atoms with van der Waals surface area (Å²) < 4.78 is 7.66. The lowest BCUT2D eigenvalue weighted by molar-refractivity contribution is 0.0426. The zero-order valence-electron chi connectivity index (χ0n) is 16.6. The molecule has 1 fully saturated rings. The van der Waals surface area contributed by atoms with Gasteiger partial charge in [0.2, 0.25) is 0 Å². The van der Waals surface area contributed by atoms with Gasteiger partial charge in [-0.25, -0.2) is 0 Å². The molecule has 1 aromatic heterocycles. The molecule has 0 aliphatic carbocycles. The Balaban J connectivity index is 1.74. The van der Waals surface area contributed by atoms with Crippen LogP contribution in [0.1, 0.15) is 54.5 Å². The van der Waals surface area contributed by atoms with Gasteiger partial charge in [0.25, 0.3) is 5.91 Å². The molecule has 150 valence electrons. The average Bonchev–Trinajstić information content (AvgIpc) is 3.26. The SMILES string of the molecule is Cc1nn(CC(C)C)c(Cl)c1[C@@H]1Nc2ccccc2C(=O)N1C[C@H]1CCCO1. The minimum atomic E-state index is -0.361. The molecular weight excluding hydrogens is 376 g/mol. The van der Waals surface area contributed by atoms with Gasteiger partial charge in [-0.2, -0.15) is 5.10 Å². The van der Waals surface area contributed by atoms with Gasteiger partial charge in [-0.05, 0) is 37.8 Å². The molecule has 1 saturated heterocycles. The van der Waals surface area contributed by atoms with Crippen LogP contribution in [0.15, 0.2) is 24.3 Å². The number of amides is 1. The van der Waals surface area contributed by atoms with Gasteiger partial charge in [0, 0.05) is 25.4 Å². The Labute approximate surface area is 170 Å². The van der Waals surface area contributed by atoms with Gasteiger partial charge in [-0.15, -0.1) is 0 Å². The molecule has 2 atom stereocenters. The Bertz CT molecular complexity index is 873. The number of aryl methyl sites for hydroxylation is 1. The first-order valence-electron chi connectivity index (χ1n) is 9.96. The molecule has 7 heteroatoms. The number of carbonyl (C=O) groups excluding carboxylic acids is 1.